The van der Waals surface area contributed by atoms with Crippen LogP contribution in [0.5, 0.6) is 0 Å². The number of likely N-dealkylation sites (tertiary alicyclic amines) is 1. The van der Waals surface area contributed by atoms with E-state index in [-0.39, 0.29) is 0 Å². The summed E-state index contributed by atoms with van der Waals surface area (Å²) in [5, 5.41) is 8.95. The van der Waals surface area contributed by atoms with Gasteiger partial charge in [0.1, 0.15) is 0 Å². The fraction of sp³-hybridized carbons (Fsp3) is 0.889. The molecule has 2 heteroatoms. The fourth-order valence-electron chi connectivity index (χ4n) is 1.89. The molecule has 0 aromatic heterocycles. The zero-order valence-electron chi connectivity index (χ0n) is 7.51. The summed E-state index contributed by atoms with van der Waals surface area (Å²) < 4.78 is 0.693. The van der Waals surface area contributed by atoms with Gasteiger partial charge in [-0.1, -0.05) is 6.92 Å². The van der Waals surface area contributed by atoms with Crippen molar-refractivity contribution in [1.29, 1.82) is 5.26 Å². The van der Waals surface area contributed by atoms with E-state index in [0.717, 1.165) is 25.6 Å². The number of hydrogen-bond acceptors (Lipinski definition) is 1. The summed E-state index contributed by atoms with van der Waals surface area (Å²) >= 11 is 0. The fourth-order valence-corrected chi connectivity index (χ4v) is 1.89. The lowest BCUT2D eigenvalue weighted by Crippen LogP contribution is -2.40. The molecular weight excluding hydrogens is 136 g/mol. The first-order valence-electron chi connectivity index (χ1n) is 4.53. The third-order valence-corrected chi connectivity index (χ3v) is 2.97. The van der Waals surface area contributed by atoms with Gasteiger partial charge in [-0.3, -0.25) is 0 Å². The van der Waals surface area contributed by atoms with Crippen LogP contribution in [0.2, 0.25) is 0 Å². The quantitative estimate of drug-likeness (QED) is 0.438. The largest absolute Gasteiger partial charge is 0.308 e. The Morgan fingerprint density at radius 3 is 2.55 bits per heavy atom. The van der Waals surface area contributed by atoms with E-state index in [0.29, 0.717) is 4.48 Å². The molecule has 2 nitrogen and oxygen atoms in total. The van der Waals surface area contributed by atoms with Crippen LogP contribution in [0.3, 0.4) is 0 Å². The highest BCUT2D eigenvalue weighted by molar-refractivity contribution is 4.70. The first-order chi connectivity index (χ1) is 5.26. The van der Waals surface area contributed by atoms with E-state index >= 15 is 0 Å². The maximum Gasteiger partial charge on any atom is 0.308 e. The van der Waals surface area contributed by atoms with Gasteiger partial charge in [0.05, 0.1) is 19.6 Å². The standard InChI is InChI=1S/C9H17N2/c1-3-9-5-6-11(4-2,7-9)8-10/h9H,3-7H2,1-2H3/q+1. The summed E-state index contributed by atoms with van der Waals surface area (Å²) in [5.74, 6) is 0.801. The molecule has 0 bridgehead atoms. The Kier molecular flexibility index (Phi) is 2.51. The second-order valence-electron chi connectivity index (χ2n) is 3.53. The molecule has 2 unspecified atom stereocenters. The number of quaternary nitrogens is 1. The van der Waals surface area contributed by atoms with Crippen LogP contribution in [-0.4, -0.2) is 24.1 Å². The molecule has 0 amide bonds. The average molecular weight is 153 g/mol. The minimum absolute atomic E-state index is 0.693. The summed E-state index contributed by atoms with van der Waals surface area (Å²) in [7, 11) is 0. The molecule has 0 spiro atoms. The van der Waals surface area contributed by atoms with Crippen molar-refractivity contribution in [2.75, 3.05) is 19.6 Å². The van der Waals surface area contributed by atoms with E-state index in [1.54, 1.807) is 0 Å². The Morgan fingerprint density at radius 1 is 1.55 bits per heavy atom. The third-order valence-electron chi connectivity index (χ3n) is 2.97. The minimum atomic E-state index is 0.693. The van der Waals surface area contributed by atoms with Gasteiger partial charge in [-0.05, 0) is 13.3 Å². The summed E-state index contributed by atoms with van der Waals surface area (Å²) in [6, 6.07) is 0. The summed E-state index contributed by atoms with van der Waals surface area (Å²) in [6.45, 7) is 7.47. The van der Waals surface area contributed by atoms with Crippen LogP contribution in [-0.2, 0) is 0 Å². The van der Waals surface area contributed by atoms with Crippen LogP contribution in [0, 0.1) is 17.4 Å². The van der Waals surface area contributed by atoms with E-state index in [4.69, 9.17) is 5.26 Å². The van der Waals surface area contributed by atoms with E-state index in [9.17, 15) is 0 Å². The van der Waals surface area contributed by atoms with E-state index in [1.807, 2.05) is 0 Å². The zero-order valence-corrected chi connectivity index (χ0v) is 7.51. The summed E-state index contributed by atoms with van der Waals surface area (Å²) in [4.78, 5) is 0. The topological polar surface area (TPSA) is 23.8 Å². The molecule has 0 saturated carbocycles. The van der Waals surface area contributed by atoms with Gasteiger partial charge >= 0.3 is 6.19 Å². The van der Waals surface area contributed by atoms with Crippen molar-refractivity contribution in [2.24, 2.45) is 5.92 Å². The summed E-state index contributed by atoms with van der Waals surface area (Å²) in [5.41, 5.74) is 0. The van der Waals surface area contributed by atoms with E-state index in [1.165, 1.54) is 12.8 Å². The van der Waals surface area contributed by atoms with Crippen LogP contribution >= 0.6 is 0 Å². The Bertz CT molecular complexity index is 171. The highest BCUT2D eigenvalue weighted by atomic mass is 15.4. The van der Waals surface area contributed by atoms with Gasteiger partial charge in [0.2, 0.25) is 0 Å². The number of nitrogens with zero attached hydrogens (tertiary/aromatic N) is 2. The van der Waals surface area contributed by atoms with Crippen LogP contribution in [0.25, 0.3) is 0 Å². The molecule has 1 aliphatic rings. The molecule has 62 valence electrons. The molecule has 1 fully saturated rings. The summed E-state index contributed by atoms with van der Waals surface area (Å²) in [6.07, 6.45) is 4.91. The number of hydrogen-bond donors (Lipinski definition) is 0. The van der Waals surface area contributed by atoms with Crippen molar-refractivity contribution in [3.63, 3.8) is 0 Å². The average Bonchev–Trinajstić information content (AvgIpc) is 2.49. The Hall–Kier alpha value is -0.550. The molecule has 0 aliphatic carbocycles. The lowest BCUT2D eigenvalue weighted by Gasteiger charge is -2.21. The first-order valence-corrected chi connectivity index (χ1v) is 4.53. The monoisotopic (exact) mass is 153 g/mol. The van der Waals surface area contributed by atoms with Gasteiger partial charge in [0, 0.05) is 12.3 Å². The third kappa shape index (κ3) is 1.54. The van der Waals surface area contributed by atoms with Gasteiger partial charge in [-0.2, -0.15) is 0 Å². The molecule has 1 rings (SSSR count). The molecule has 0 aromatic rings. The second-order valence-corrected chi connectivity index (χ2v) is 3.53. The smallest absolute Gasteiger partial charge is 0.224 e. The predicted octanol–water partition coefficient (Wildman–Crippen LogP) is 1.73. The van der Waals surface area contributed by atoms with Gasteiger partial charge in [0.15, 0.2) is 0 Å². The Labute approximate surface area is 69.0 Å². The highest BCUT2D eigenvalue weighted by Gasteiger charge is 2.36. The number of rotatable bonds is 2. The van der Waals surface area contributed by atoms with Crippen molar-refractivity contribution >= 4 is 0 Å². The molecule has 2 atom stereocenters. The molecule has 0 N–H and O–H groups in total. The first kappa shape index (κ1) is 8.55. The maximum absolute atomic E-state index is 8.95. The molecule has 1 aliphatic heterocycles. The van der Waals surface area contributed by atoms with Crippen LogP contribution in [0.1, 0.15) is 26.7 Å². The number of nitriles is 1. The molecule has 1 heterocycles. The SMILES string of the molecule is CCC1CC[N+](C#N)(CC)C1. The normalized spacial score (nSPS) is 37.0. The minimum Gasteiger partial charge on any atom is -0.224 e. The van der Waals surface area contributed by atoms with Gasteiger partial charge in [-0.15, -0.1) is 5.26 Å². The van der Waals surface area contributed by atoms with Crippen molar-refractivity contribution in [3.8, 4) is 6.19 Å². The predicted molar refractivity (Wildman–Crippen MR) is 44.5 cm³/mol. The Balaban J connectivity index is 2.57. The molecule has 0 aromatic carbocycles. The van der Waals surface area contributed by atoms with Gasteiger partial charge in [0.25, 0.3) is 0 Å². The van der Waals surface area contributed by atoms with Gasteiger partial charge < -0.3 is 0 Å². The Morgan fingerprint density at radius 2 is 2.27 bits per heavy atom. The van der Waals surface area contributed by atoms with Crippen LogP contribution in [0.15, 0.2) is 0 Å². The van der Waals surface area contributed by atoms with Crippen molar-refractivity contribution in [2.45, 2.75) is 26.7 Å². The second kappa shape index (κ2) is 3.23. The lowest BCUT2D eigenvalue weighted by molar-refractivity contribution is -0.852. The van der Waals surface area contributed by atoms with E-state index < -0.39 is 0 Å². The molecule has 11 heavy (non-hydrogen) atoms. The van der Waals surface area contributed by atoms with Crippen molar-refractivity contribution in [1.82, 2.24) is 0 Å². The van der Waals surface area contributed by atoms with E-state index in [2.05, 4.69) is 20.0 Å². The van der Waals surface area contributed by atoms with Crippen molar-refractivity contribution in [3.05, 3.63) is 0 Å². The van der Waals surface area contributed by atoms with Gasteiger partial charge in [-0.25, -0.2) is 4.48 Å². The zero-order chi connectivity index (χ0) is 8.32. The molecule has 1 saturated heterocycles. The maximum atomic E-state index is 8.95. The lowest BCUT2D eigenvalue weighted by atomic mass is 10.1. The van der Waals surface area contributed by atoms with Crippen LogP contribution < -0.4 is 0 Å². The highest BCUT2D eigenvalue weighted by Crippen LogP contribution is 2.25. The van der Waals surface area contributed by atoms with Crippen molar-refractivity contribution < 1.29 is 4.48 Å². The molecular formula is C9H17N2+. The molecule has 0 radical (unpaired) electrons. The van der Waals surface area contributed by atoms with Crippen LogP contribution in [0.4, 0.5) is 0 Å².